The van der Waals surface area contributed by atoms with Gasteiger partial charge in [-0.1, -0.05) is 18.5 Å². The zero-order chi connectivity index (χ0) is 22.2. The van der Waals surface area contributed by atoms with Gasteiger partial charge in [-0.05, 0) is 55.9 Å². The smallest absolute Gasteiger partial charge is 0.338 e. The van der Waals surface area contributed by atoms with Gasteiger partial charge in [-0.2, -0.15) is 0 Å². The van der Waals surface area contributed by atoms with Crippen LogP contribution in [0.15, 0.2) is 42.5 Å². The summed E-state index contributed by atoms with van der Waals surface area (Å²) in [6, 6.07) is 12.1. The van der Waals surface area contributed by atoms with Crippen LogP contribution in [0.4, 0.5) is 11.4 Å². The molecule has 3 rings (SSSR count). The van der Waals surface area contributed by atoms with E-state index < -0.39 is 5.97 Å². The minimum atomic E-state index is -0.419. The molecule has 7 nitrogen and oxygen atoms in total. The van der Waals surface area contributed by atoms with E-state index in [1.165, 1.54) is 0 Å². The van der Waals surface area contributed by atoms with Crippen LogP contribution in [0, 0.1) is 0 Å². The monoisotopic (exact) mass is 445 g/mol. The van der Waals surface area contributed by atoms with E-state index >= 15 is 0 Å². The Bertz CT molecular complexity index is 896. The minimum Gasteiger partial charge on any atom is -0.484 e. The van der Waals surface area contributed by atoms with Gasteiger partial charge in [0.05, 0.1) is 23.5 Å². The zero-order valence-corrected chi connectivity index (χ0v) is 18.7. The van der Waals surface area contributed by atoms with E-state index in [1.807, 2.05) is 6.07 Å². The predicted octanol–water partition coefficient (Wildman–Crippen LogP) is 3.68. The molecule has 0 unspecified atom stereocenters. The van der Waals surface area contributed by atoms with Crippen LogP contribution in [0.2, 0.25) is 5.02 Å². The second kappa shape index (κ2) is 11.0. The number of rotatable bonds is 8. The summed E-state index contributed by atoms with van der Waals surface area (Å²) in [7, 11) is 0. The molecule has 2 aromatic rings. The quantitative estimate of drug-likeness (QED) is 0.625. The fourth-order valence-corrected chi connectivity index (χ4v) is 3.55. The number of nitrogens with one attached hydrogen (secondary N) is 1. The third-order valence-electron chi connectivity index (χ3n) is 5.13. The highest BCUT2D eigenvalue weighted by atomic mass is 35.5. The number of anilines is 2. The number of hydrogen-bond acceptors (Lipinski definition) is 6. The number of amides is 1. The maximum absolute atomic E-state index is 12.6. The lowest BCUT2D eigenvalue weighted by Crippen LogP contribution is -2.46. The van der Waals surface area contributed by atoms with Crippen molar-refractivity contribution in [3.8, 4) is 5.75 Å². The number of hydrogen-bond donors (Lipinski definition) is 1. The Morgan fingerprint density at radius 2 is 1.74 bits per heavy atom. The van der Waals surface area contributed by atoms with E-state index in [1.54, 1.807) is 43.3 Å². The van der Waals surface area contributed by atoms with Gasteiger partial charge in [0.1, 0.15) is 5.75 Å². The van der Waals surface area contributed by atoms with Gasteiger partial charge in [-0.3, -0.25) is 4.79 Å². The highest BCUT2D eigenvalue weighted by molar-refractivity contribution is 6.30. The van der Waals surface area contributed by atoms with Crippen LogP contribution < -0.4 is 15.0 Å². The Hall–Kier alpha value is -2.77. The molecule has 0 bridgehead atoms. The molecule has 8 heteroatoms. The minimum absolute atomic E-state index is 0.158. The first-order valence-electron chi connectivity index (χ1n) is 10.5. The van der Waals surface area contributed by atoms with E-state index in [9.17, 15) is 9.59 Å². The van der Waals surface area contributed by atoms with Crippen LogP contribution in [0.1, 0.15) is 24.2 Å². The largest absolute Gasteiger partial charge is 0.484 e. The van der Waals surface area contributed by atoms with Crippen LogP contribution in [0.3, 0.4) is 0 Å². The number of carbonyl (C=O) groups is 2. The molecule has 0 radical (unpaired) electrons. The molecular formula is C23H28ClN3O4. The van der Waals surface area contributed by atoms with Crippen molar-refractivity contribution in [2.24, 2.45) is 0 Å². The maximum Gasteiger partial charge on any atom is 0.338 e. The second-order valence-electron chi connectivity index (χ2n) is 7.16. The van der Waals surface area contributed by atoms with Crippen molar-refractivity contribution >= 4 is 34.9 Å². The molecule has 2 aromatic carbocycles. The van der Waals surface area contributed by atoms with E-state index in [4.69, 9.17) is 21.1 Å². The number of piperazine rings is 1. The van der Waals surface area contributed by atoms with Gasteiger partial charge < -0.3 is 24.6 Å². The summed E-state index contributed by atoms with van der Waals surface area (Å²) in [4.78, 5) is 29.4. The Morgan fingerprint density at radius 1 is 1.03 bits per heavy atom. The normalized spacial score (nSPS) is 14.2. The van der Waals surface area contributed by atoms with Crippen molar-refractivity contribution in [2.75, 3.05) is 56.2 Å². The van der Waals surface area contributed by atoms with Crippen molar-refractivity contribution in [2.45, 2.75) is 13.8 Å². The summed E-state index contributed by atoms with van der Waals surface area (Å²) in [5, 5.41) is 3.50. The predicted molar refractivity (Wildman–Crippen MR) is 122 cm³/mol. The molecule has 1 saturated heterocycles. The number of benzene rings is 2. The van der Waals surface area contributed by atoms with Crippen molar-refractivity contribution in [1.82, 2.24) is 4.90 Å². The summed E-state index contributed by atoms with van der Waals surface area (Å²) in [5.41, 5.74) is 1.84. The Kier molecular flexibility index (Phi) is 8.14. The number of esters is 1. The maximum atomic E-state index is 12.6. The summed E-state index contributed by atoms with van der Waals surface area (Å²) in [6.07, 6.45) is 0. The molecule has 0 saturated carbocycles. The summed E-state index contributed by atoms with van der Waals surface area (Å²) in [6.45, 7) is 8.64. The summed E-state index contributed by atoms with van der Waals surface area (Å²) in [5.74, 6) is -0.182. The van der Waals surface area contributed by atoms with E-state index in [0.29, 0.717) is 22.0 Å². The highest BCUT2D eigenvalue weighted by Crippen LogP contribution is 2.29. The Morgan fingerprint density at radius 3 is 2.39 bits per heavy atom. The molecule has 166 valence electrons. The first kappa shape index (κ1) is 22.9. The molecule has 0 spiro atoms. The number of likely N-dealkylation sites (N-methyl/N-ethyl adjacent to an activating group) is 1. The van der Waals surface area contributed by atoms with Crippen molar-refractivity contribution in [3.63, 3.8) is 0 Å². The van der Waals surface area contributed by atoms with Crippen LogP contribution in [-0.2, 0) is 9.53 Å². The fourth-order valence-electron chi connectivity index (χ4n) is 3.42. The van der Waals surface area contributed by atoms with Crippen molar-refractivity contribution in [1.29, 1.82) is 0 Å². The molecular weight excluding hydrogens is 418 g/mol. The van der Waals surface area contributed by atoms with E-state index in [0.717, 1.165) is 38.4 Å². The van der Waals surface area contributed by atoms with Gasteiger partial charge in [-0.25, -0.2) is 4.79 Å². The number of carbonyl (C=O) groups excluding carboxylic acids is 2. The molecule has 31 heavy (non-hydrogen) atoms. The van der Waals surface area contributed by atoms with Crippen molar-refractivity contribution in [3.05, 3.63) is 53.1 Å². The summed E-state index contributed by atoms with van der Waals surface area (Å²) < 4.78 is 10.7. The van der Waals surface area contributed by atoms with E-state index in [2.05, 4.69) is 22.0 Å². The standard InChI is InChI=1S/C23H28ClN3O4/c1-3-26-11-13-27(14-12-26)21-10-5-17(23(29)30-4-2)15-20(21)25-22(28)16-31-19-8-6-18(24)7-9-19/h5-10,15H,3-4,11-14,16H2,1-2H3,(H,25,28). The van der Waals surface area contributed by atoms with Gasteiger partial charge in [0.15, 0.2) is 6.61 Å². The second-order valence-corrected chi connectivity index (χ2v) is 7.60. The van der Waals surface area contributed by atoms with Gasteiger partial charge >= 0.3 is 5.97 Å². The third kappa shape index (κ3) is 6.35. The lowest BCUT2D eigenvalue weighted by Gasteiger charge is -2.36. The molecule has 1 N–H and O–H groups in total. The molecule has 1 aliphatic rings. The zero-order valence-electron chi connectivity index (χ0n) is 17.9. The van der Waals surface area contributed by atoms with Crippen molar-refractivity contribution < 1.29 is 19.1 Å². The molecule has 0 aliphatic carbocycles. The van der Waals surface area contributed by atoms with Crippen LogP contribution in [0.5, 0.6) is 5.75 Å². The SMILES string of the molecule is CCOC(=O)c1ccc(N2CCN(CC)CC2)c(NC(=O)COc2ccc(Cl)cc2)c1. The van der Waals surface area contributed by atoms with Gasteiger partial charge in [0.2, 0.25) is 0 Å². The molecule has 1 fully saturated rings. The average molecular weight is 446 g/mol. The molecule has 1 aliphatic heterocycles. The van der Waals surface area contributed by atoms with Gasteiger partial charge in [-0.15, -0.1) is 0 Å². The van der Waals surface area contributed by atoms with E-state index in [-0.39, 0.29) is 19.1 Å². The third-order valence-corrected chi connectivity index (χ3v) is 5.38. The van der Waals surface area contributed by atoms with Crippen LogP contribution >= 0.6 is 11.6 Å². The first-order valence-corrected chi connectivity index (χ1v) is 10.8. The number of nitrogens with zero attached hydrogens (tertiary/aromatic N) is 2. The summed E-state index contributed by atoms with van der Waals surface area (Å²) >= 11 is 5.87. The van der Waals surface area contributed by atoms with Crippen LogP contribution in [-0.4, -0.2) is 62.7 Å². The highest BCUT2D eigenvalue weighted by Gasteiger charge is 2.21. The molecule has 0 aromatic heterocycles. The lowest BCUT2D eigenvalue weighted by atomic mass is 10.1. The number of halogens is 1. The molecule has 0 atom stereocenters. The Balaban J connectivity index is 1.74. The molecule has 1 amide bonds. The first-order chi connectivity index (χ1) is 15.0. The average Bonchev–Trinajstić information content (AvgIpc) is 2.79. The van der Waals surface area contributed by atoms with Gasteiger partial charge in [0, 0.05) is 31.2 Å². The topological polar surface area (TPSA) is 71.1 Å². The number of ether oxygens (including phenoxy) is 2. The Labute approximate surface area is 187 Å². The van der Waals surface area contributed by atoms with Crippen LogP contribution in [0.25, 0.3) is 0 Å². The lowest BCUT2D eigenvalue weighted by molar-refractivity contribution is -0.118. The fraction of sp³-hybridized carbons (Fsp3) is 0.391. The van der Waals surface area contributed by atoms with Gasteiger partial charge in [0.25, 0.3) is 5.91 Å². The molecule has 1 heterocycles.